The van der Waals surface area contributed by atoms with Crippen molar-refractivity contribution in [3.05, 3.63) is 81.8 Å². The molecule has 1 aliphatic rings. The lowest BCUT2D eigenvalue weighted by Gasteiger charge is -2.34. The van der Waals surface area contributed by atoms with E-state index in [0.717, 1.165) is 37.4 Å². The highest BCUT2D eigenvalue weighted by atomic mass is 35.5. The quantitative estimate of drug-likeness (QED) is 0.334. The third kappa shape index (κ3) is 5.43. The Morgan fingerprint density at radius 1 is 1.08 bits per heavy atom. The molecule has 1 aliphatic heterocycles. The molecule has 5 rings (SSSR count). The number of H-pyrrole nitrogens is 1. The first-order chi connectivity index (χ1) is 18.7. The number of halogens is 2. The minimum absolute atomic E-state index is 0.0488. The molecule has 1 saturated heterocycles. The number of likely N-dealkylation sites (N-methyl/N-ethyl adjacent to an activating group) is 1. The molecule has 0 radical (unpaired) electrons. The van der Waals surface area contributed by atoms with E-state index in [2.05, 4.69) is 43.6 Å². The summed E-state index contributed by atoms with van der Waals surface area (Å²) in [5.41, 5.74) is 15.9. The molecule has 0 unspecified atom stereocenters. The lowest BCUT2D eigenvalue weighted by Crippen LogP contribution is -2.44. The highest BCUT2D eigenvalue weighted by molar-refractivity contribution is 6.31. The predicted molar refractivity (Wildman–Crippen MR) is 152 cm³/mol. The fourth-order valence-electron chi connectivity index (χ4n) is 4.64. The van der Waals surface area contributed by atoms with Gasteiger partial charge in [-0.1, -0.05) is 29.5 Å². The molecular weight excluding hydrogens is 517 g/mol. The van der Waals surface area contributed by atoms with Crippen molar-refractivity contribution in [2.45, 2.75) is 6.92 Å². The molecule has 5 N–H and O–H groups in total. The number of nitrogen functional groups attached to an aromatic ring is 1. The third-order valence-corrected chi connectivity index (χ3v) is 7.02. The zero-order valence-electron chi connectivity index (χ0n) is 21.6. The summed E-state index contributed by atoms with van der Waals surface area (Å²) in [7, 11) is 2.07. The van der Waals surface area contributed by atoms with Crippen LogP contribution in [-0.4, -0.2) is 59.0 Å². The monoisotopic (exact) mass is 543 g/mol. The second-order valence-corrected chi connectivity index (χ2v) is 9.89. The second-order valence-electron chi connectivity index (χ2n) is 9.45. The number of aromatic nitrogens is 3. The molecule has 1 amide bonds. The summed E-state index contributed by atoms with van der Waals surface area (Å²) in [5, 5.41) is 0.489. The zero-order valence-corrected chi connectivity index (χ0v) is 22.3. The largest absolute Gasteiger partial charge is 0.369 e. The van der Waals surface area contributed by atoms with Crippen molar-refractivity contribution in [2.24, 2.45) is 5.73 Å². The van der Waals surface area contributed by atoms with Crippen LogP contribution in [0, 0.1) is 24.6 Å². The van der Waals surface area contributed by atoms with E-state index in [1.54, 1.807) is 24.3 Å². The molecule has 39 heavy (non-hydrogen) atoms. The highest BCUT2D eigenvalue weighted by Crippen LogP contribution is 2.35. The summed E-state index contributed by atoms with van der Waals surface area (Å²) in [4.78, 5) is 28.7. The van der Waals surface area contributed by atoms with Crippen LogP contribution in [-0.2, 0) is 0 Å². The summed E-state index contributed by atoms with van der Waals surface area (Å²) in [5.74, 6) is 4.78. The van der Waals surface area contributed by atoms with Gasteiger partial charge in [0.05, 0.1) is 33.8 Å². The van der Waals surface area contributed by atoms with Gasteiger partial charge in [0.2, 0.25) is 5.95 Å². The van der Waals surface area contributed by atoms with Gasteiger partial charge in [0.25, 0.3) is 5.91 Å². The van der Waals surface area contributed by atoms with Crippen molar-refractivity contribution < 1.29 is 9.18 Å². The Morgan fingerprint density at radius 2 is 1.85 bits per heavy atom. The number of nitrogens with one attached hydrogen (secondary N) is 1. The maximum absolute atomic E-state index is 15.2. The van der Waals surface area contributed by atoms with E-state index in [9.17, 15) is 4.79 Å². The van der Waals surface area contributed by atoms with Crippen LogP contribution in [0.2, 0.25) is 5.02 Å². The van der Waals surface area contributed by atoms with Gasteiger partial charge < -0.3 is 26.3 Å². The van der Waals surface area contributed by atoms with Gasteiger partial charge in [0.1, 0.15) is 5.82 Å². The van der Waals surface area contributed by atoms with E-state index in [-0.39, 0.29) is 22.6 Å². The number of aryl methyl sites for hydroxylation is 1. The third-order valence-electron chi connectivity index (χ3n) is 6.79. The van der Waals surface area contributed by atoms with Crippen LogP contribution >= 0.6 is 11.6 Å². The average Bonchev–Trinajstić information content (AvgIpc) is 3.29. The topological polar surface area (TPSA) is 117 Å². The number of rotatable bonds is 4. The second kappa shape index (κ2) is 10.8. The Bertz CT molecular complexity index is 1630. The molecule has 0 atom stereocenters. The SMILES string of the molecule is Cc1ccc(Cl)cc1-c1[nH]c(-c2ccnc(N)n2)c(C#Cc2ccc(N3CCN(C)CC3)cc2F)c1C(N)=O. The fraction of sp³-hybridized carbons (Fsp3) is 0.207. The van der Waals surface area contributed by atoms with Gasteiger partial charge in [-0.15, -0.1) is 0 Å². The van der Waals surface area contributed by atoms with Crippen molar-refractivity contribution >= 4 is 29.1 Å². The standard InChI is InChI=1S/C29H27ClFN7O/c1-17-3-6-19(30)15-22(17)27-25(28(32)39)21(26(36-27)24-9-10-34-29(33)35-24)8-5-18-4-7-20(16-23(18)31)38-13-11-37(2)12-14-38/h3-4,6-7,9-10,15-16,36H,11-14H2,1-2H3,(H2,32,39)(H2,33,34,35). The molecule has 0 saturated carbocycles. The molecule has 0 bridgehead atoms. The molecule has 0 aliphatic carbocycles. The molecule has 198 valence electrons. The first kappa shape index (κ1) is 26.2. The summed E-state index contributed by atoms with van der Waals surface area (Å²) < 4.78 is 15.2. The van der Waals surface area contributed by atoms with Crippen molar-refractivity contribution in [1.82, 2.24) is 19.9 Å². The van der Waals surface area contributed by atoms with Crippen molar-refractivity contribution in [3.8, 4) is 34.5 Å². The lowest BCUT2D eigenvalue weighted by atomic mass is 9.99. The molecule has 2 aromatic carbocycles. The maximum atomic E-state index is 15.2. The van der Waals surface area contributed by atoms with Crippen LogP contribution in [0.3, 0.4) is 0 Å². The van der Waals surface area contributed by atoms with E-state index in [1.807, 2.05) is 19.1 Å². The average molecular weight is 544 g/mol. The van der Waals surface area contributed by atoms with Gasteiger partial charge in [-0.05, 0) is 55.9 Å². The zero-order chi connectivity index (χ0) is 27.7. The Hall–Kier alpha value is -4.39. The summed E-state index contributed by atoms with van der Waals surface area (Å²) in [6.07, 6.45) is 1.50. The van der Waals surface area contributed by atoms with E-state index in [4.69, 9.17) is 23.1 Å². The smallest absolute Gasteiger partial charge is 0.252 e. The van der Waals surface area contributed by atoms with Crippen LogP contribution in [0.15, 0.2) is 48.7 Å². The van der Waals surface area contributed by atoms with E-state index in [1.165, 1.54) is 12.3 Å². The Labute approximate surface area is 230 Å². The number of carbonyl (C=O) groups is 1. The number of hydrogen-bond donors (Lipinski definition) is 3. The number of nitrogens with zero attached hydrogens (tertiary/aromatic N) is 4. The first-order valence-corrected chi connectivity index (χ1v) is 12.8. The summed E-state index contributed by atoms with van der Waals surface area (Å²) in [6.45, 7) is 5.36. The number of aromatic amines is 1. The fourth-order valence-corrected chi connectivity index (χ4v) is 4.81. The molecule has 4 aromatic rings. The molecular formula is C29H27ClFN7O. The minimum Gasteiger partial charge on any atom is -0.369 e. The van der Waals surface area contributed by atoms with Crippen molar-refractivity contribution in [2.75, 3.05) is 43.9 Å². The van der Waals surface area contributed by atoms with Gasteiger partial charge in [0, 0.05) is 48.6 Å². The van der Waals surface area contributed by atoms with Crippen LogP contribution in [0.25, 0.3) is 22.6 Å². The number of carbonyl (C=O) groups excluding carboxylic acids is 1. The molecule has 10 heteroatoms. The van der Waals surface area contributed by atoms with E-state index >= 15 is 4.39 Å². The van der Waals surface area contributed by atoms with Gasteiger partial charge in [-0.2, -0.15) is 0 Å². The number of primary amides is 1. The Balaban J connectivity index is 1.63. The maximum Gasteiger partial charge on any atom is 0.252 e. The molecule has 1 fully saturated rings. The van der Waals surface area contributed by atoms with Gasteiger partial charge >= 0.3 is 0 Å². The van der Waals surface area contributed by atoms with E-state index in [0.29, 0.717) is 27.7 Å². The van der Waals surface area contributed by atoms with Crippen molar-refractivity contribution in [1.29, 1.82) is 0 Å². The van der Waals surface area contributed by atoms with Gasteiger partial charge in [-0.25, -0.2) is 14.4 Å². The predicted octanol–water partition coefficient (Wildman–Crippen LogP) is 4.07. The number of benzene rings is 2. The summed E-state index contributed by atoms with van der Waals surface area (Å²) in [6, 6.07) is 12.0. The highest BCUT2D eigenvalue weighted by Gasteiger charge is 2.24. The van der Waals surface area contributed by atoms with Gasteiger partial charge in [0.15, 0.2) is 0 Å². The number of hydrogen-bond acceptors (Lipinski definition) is 6. The number of amides is 1. The lowest BCUT2D eigenvalue weighted by molar-refractivity contribution is 0.100. The summed E-state index contributed by atoms with van der Waals surface area (Å²) >= 11 is 6.27. The minimum atomic E-state index is -0.705. The van der Waals surface area contributed by atoms with Crippen LogP contribution in [0.4, 0.5) is 16.0 Å². The van der Waals surface area contributed by atoms with Crippen LogP contribution in [0.5, 0.6) is 0 Å². The molecule has 2 aromatic heterocycles. The first-order valence-electron chi connectivity index (χ1n) is 12.4. The van der Waals surface area contributed by atoms with Crippen LogP contribution in [0.1, 0.15) is 27.0 Å². The molecule has 3 heterocycles. The number of nitrogens with two attached hydrogens (primary N) is 2. The normalized spacial score (nSPS) is 13.7. The van der Waals surface area contributed by atoms with E-state index < -0.39 is 11.7 Å². The van der Waals surface area contributed by atoms with Gasteiger partial charge in [-0.3, -0.25) is 4.79 Å². The number of piperazine rings is 1. The molecule has 8 nitrogen and oxygen atoms in total. The molecule has 0 spiro atoms. The number of anilines is 2. The van der Waals surface area contributed by atoms with Crippen molar-refractivity contribution in [3.63, 3.8) is 0 Å². The Kier molecular flexibility index (Phi) is 7.24. The Morgan fingerprint density at radius 3 is 2.54 bits per heavy atom. The van der Waals surface area contributed by atoms with Crippen LogP contribution < -0.4 is 16.4 Å².